The van der Waals surface area contributed by atoms with Gasteiger partial charge in [0, 0.05) is 15.6 Å². The van der Waals surface area contributed by atoms with Crippen LogP contribution in [-0.4, -0.2) is 10.1 Å². The Kier molecular flexibility index (Phi) is 2.06. The van der Waals surface area contributed by atoms with E-state index in [1.165, 1.54) is 0 Å². The molecule has 0 atom stereocenters. The summed E-state index contributed by atoms with van der Waals surface area (Å²) in [6, 6.07) is 7.23. The number of hydrogen-bond donors (Lipinski definition) is 2. The quantitative estimate of drug-likeness (QED) is 0.644. The van der Waals surface area contributed by atoms with Crippen LogP contribution in [0.4, 0.5) is 0 Å². The lowest BCUT2D eigenvalue weighted by Crippen LogP contribution is -2.04. The molecule has 3 aromatic rings. The fourth-order valence-electron chi connectivity index (χ4n) is 1.91. The summed E-state index contributed by atoms with van der Waals surface area (Å²) < 4.78 is 0.971. The maximum Gasteiger partial charge on any atom is 0.257 e. The van der Waals surface area contributed by atoms with Gasteiger partial charge in [-0.3, -0.25) is 4.79 Å². The van der Waals surface area contributed by atoms with Crippen LogP contribution in [0.15, 0.2) is 41.0 Å². The van der Waals surface area contributed by atoms with E-state index < -0.39 is 0 Å². The van der Waals surface area contributed by atoms with Crippen molar-refractivity contribution in [2.75, 3.05) is 0 Å². The van der Waals surface area contributed by atoms with E-state index in [2.05, 4.69) is 11.6 Å². The minimum absolute atomic E-state index is 0.000902. The van der Waals surface area contributed by atoms with Crippen LogP contribution in [0.25, 0.3) is 26.7 Å². The van der Waals surface area contributed by atoms with Gasteiger partial charge in [-0.2, -0.15) is 0 Å². The Morgan fingerprint density at radius 1 is 1.29 bits per heavy atom. The molecule has 0 radical (unpaired) electrons. The van der Waals surface area contributed by atoms with Crippen molar-refractivity contribution in [3.63, 3.8) is 0 Å². The Morgan fingerprint density at radius 3 is 2.88 bits per heavy atom. The highest BCUT2D eigenvalue weighted by molar-refractivity contribution is 7.18. The van der Waals surface area contributed by atoms with Gasteiger partial charge < -0.3 is 10.1 Å². The number of aromatic amines is 1. The number of hydrogen-bond acceptors (Lipinski definition) is 3. The number of aliphatic hydroxyl groups is 1. The first-order chi connectivity index (χ1) is 8.16. The molecule has 0 aliphatic heterocycles. The van der Waals surface area contributed by atoms with Gasteiger partial charge in [0.2, 0.25) is 0 Å². The average molecular weight is 243 g/mol. The molecule has 2 aromatic heterocycles. The number of rotatable bonds is 1. The number of aliphatic hydroxyl groups excluding tert-OH is 1. The molecule has 0 saturated heterocycles. The zero-order valence-electron chi connectivity index (χ0n) is 8.86. The van der Waals surface area contributed by atoms with E-state index in [4.69, 9.17) is 0 Å². The van der Waals surface area contributed by atoms with E-state index in [1.54, 1.807) is 23.5 Å². The molecule has 0 aliphatic rings. The number of thiophene rings is 1. The van der Waals surface area contributed by atoms with Crippen molar-refractivity contribution in [3.8, 4) is 0 Å². The number of pyridine rings is 1. The van der Waals surface area contributed by atoms with Gasteiger partial charge in [0.1, 0.15) is 5.76 Å². The van der Waals surface area contributed by atoms with Gasteiger partial charge in [0.05, 0.1) is 10.9 Å². The van der Waals surface area contributed by atoms with Crippen molar-refractivity contribution < 1.29 is 5.11 Å². The number of nitrogens with one attached hydrogen (secondary N) is 1. The van der Waals surface area contributed by atoms with E-state index in [9.17, 15) is 9.90 Å². The molecule has 3 nitrogen and oxygen atoms in total. The normalized spacial score (nSPS) is 11.1. The molecule has 0 spiro atoms. The first kappa shape index (κ1) is 10.1. The van der Waals surface area contributed by atoms with Crippen LogP contribution >= 0.6 is 11.3 Å². The molecular weight excluding hydrogens is 234 g/mol. The Hall–Kier alpha value is -2.07. The van der Waals surface area contributed by atoms with Crippen LogP contribution in [-0.2, 0) is 0 Å². The SMILES string of the molecule is C=C(O)c1ccc2c(c1)[nH]c(=O)c1ccsc12. The summed E-state index contributed by atoms with van der Waals surface area (Å²) in [5, 5.41) is 12.9. The van der Waals surface area contributed by atoms with E-state index in [0.717, 1.165) is 15.6 Å². The highest BCUT2D eigenvalue weighted by Crippen LogP contribution is 2.27. The van der Waals surface area contributed by atoms with Gasteiger partial charge in [0.15, 0.2) is 0 Å². The molecule has 84 valence electrons. The second kappa shape index (κ2) is 3.46. The minimum atomic E-state index is -0.102. The van der Waals surface area contributed by atoms with Gasteiger partial charge in [-0.25, -0.2) is 0 Å². The van der Waals surface area contributed by atoms with Gasteiger partial charge in [-0.1, -0.05) is 18.7 Å². The molecule has 1 aromatic carbocycles. The lowest BCUT2D eigenvalue weighted by molar-refractivity contribution is 0.514. The number of H-pyrrole nitrogens is 1. The van der Waals surface area contributed by atoms with Crippen molar-refractivity contribution in [1.29, 1.82) is 0 Å². The smallest absolute Gasteiger partial charge is 0.257 e. The molecule has 0 amide bonds. The summed E-state index contributed by atoms with van der Waals surface area (Å²) in [6.07, 6.45) is 0. The standard InChI is InChI=1S/C13H9NO2S/c1-7(15)8-2-3-9-11(6-8)14-13(16)10-4-5-17-12(9)10/h2-6,15H,1H2,(H,14,16). The molecule has 4 heteroatoms. The van der Waals surface area contributed by atoms with Crippen molar-refractivity contribution in [2.45, 2.75) is 0 Å². The first-order valence-corrected chi connectivity index (χ1v) is 5.96. The molecule has 0 aliphatic carbocycles. The van der Waals surface area contributed by atoms with Crippen molar-refractivity contribution in [1.82, 2.24) is 4.98 Å². The third kappa shape index (κ3) is 1.45. The third-order valence-electron chi connectivity index (χ3n) is 2.76. The van der Waals surface area contributed by atoms with Gasteiger partial charge in [0.25, 0.3) is 5.56 Å². The lowest BCUT2D eigenvalue weighted by atomic mass is 10.1. The van der Waals surface area contributed by atoms with Crippen LogP contribution < -0.4 is 5.56 Å². The number of aromatic nitrogens is 1. The fraction of sp³-hybridized carbons (Fsp3) is 0. The lowest BCUT2D eigenvalue weighted by Gasteiger charge is -2.03. The topological polar surface area (TPSA) is 53.1 Å². The molecule has 0 fully saturated rings. The number of benzene rings is 1. The molecule has 0 unspecified atom stereocenters. The highest BCUT2D eigenvalue weighted by Gasteiger charge is 2.07. The molecule has 0 saturated carbocycles. The monoisotopic (exact) mass is 243 g/mol. The first-order valence-electron chi connectivity index (χ1n) is 5.08. The van der Waals surface area contributed by atoms with Crippen LogP contribution in [0, 0.1) is 0 Å². The Morgan fingerprint density at radius 2 is 2.12 bits per heavy atom. The molecule has 2 N–H and O–H groups in total. The Labute approximate surface area is 101 Å². The van der Waals surface area contributed by atoms with E-state index in [-0.39, 0.29) is 11.3 Å². The summed E-state index contributed by atoms with van der Waals surface area (Å²) in [5.74, 6) is -0.000902. The van der Waals surface area contributed by atoms with Crippen LogP contribution in [0.2, 0.25) is 0 Å². The average Bonchev–Trinajstić information content (AvgIpc) is 2.78. The summed E-state index contributed by atoms with van der Waals surface area (Å²) in [6.45, 7) is 3.47. The van der Waals surface area contributed by atoms with Crippen LogP contribution in [0.3, 0.4) is 0 Å². The van der Waals surface area contributed by atoms with Crippen molar-refractivity contribution >= 4 is 38.1 Å². The van der Waals surface area contributed by atoms with Crippen molar-refractivity contribution in [2.24, 2.45) is 0 Å². The highest BCUT2D eigenvalue weighted by atomic mass is 32.1. The van der Waals surface area contributed by atoms with Gasteiger partial charge >= 0.3 is 0 Å². The maximum absolute atomic E-state index is 11.8. The molecular formula is C13H9NO2S. The fourth-order valence-corrected chi connectivity index (χ4v) is 2.84. The molecule has 17 heavy (non-hydrogen) atoms. The minimum Gasteiger partial charge on any atom is -0.508 e. The zero-order chi connectivity index (χ0) is 12.0. The predicted molar refractivity (Wildman–Crippen MR) is 71.6 cm³/mol. The largest absolute Gasteiger partial charge is 0.508 e. The van der Waals surface area contributed by atoms with E-state index in [1.807, 2.05) is 17.5 Å². The summed E-state index contributed by atoms with van der Waals surface area (Å²) in [5.41, 5.74) is 1.23. The van der Waals surface area contributed by atoms with Gasteiger partial charge in [-0.15, -0.1) is 11.3 Å². The summed E-state index contributed by atoms with van der Waals surface area (Å²) in [7, 11) is 0. The summed E-state index contributed by atoms with van der Waals surface area (Å²) >= 11 is 1.54. The zero-order valence-corrected chi connectivity index (χ0v) is 9.67. The summed E-state index contributed by atoms with van der Waals surface area (Å²) in [4.78, 5) is 14.6. The number of fused-ring (bicyclic) bond motifs is 3. The molecule has 3 rings (SSSR count). The second-order valence-corrected chi connectivity index (χ2v) is 4.74. The third-order valence-corrected chi connectivity index (χ3v) is 3.70. The second-order valence-electron chi connectivity index (χ2n) is 3.82. The predicted octanol–water partition coefficient (Wildman–Crippen LogP) is 3.27. The van der Waals surface area contributed by atoms with E-state index >= 15 is 0 Å². The Balaban J connectivity index is 2.50. The maximum atomic E-state index is 11.8. The molecule has 0 bridgehead atoms. The Bertz CT molecular complexity index is 798. The van der Waals surface area contributed by atoms with Crippen LogP contribution in [0.1, 0.15) is 5.56 Å². The molecule has 2 heterocycles. The van der Waals surface area contributed by atoms with E-state index in [0.29, 0.717) is 10.9 Å². The van der Waals surface area contributed by atoms with Crippen LogP contribution in [0.5, 0.6) is 0 Å². The van der Waals surface area contributed by atoms with Crippen molar-refractivity contribution in [3.05, 3.63) is 52.1 Å². The van der Waals surface area contributed by atoms with Gasteiger partial charge in [-0.05, 0) is 17.5 Å².